The molecule has 0 aliphatic heterocycles. The molecular weight excluding hydrogens is 252 g/mol. The lowest BCUT2D eigenvalue weighted by Gasteiger charge is -2.31. The minimum atomic E-state index is -0.357. The van der Waals surface area contributed by atoms with Crippen LogP contribution in [0.3, 0.4) is 0 Å². The van der Waals surface area contributed by atoms with Crippen molar-refractivity contribution >= 4 is 11.8 Å². The molecule has 0 saturated heterocycles. The van der Waals surface area contributed by atoms with Crippen LogP contribution in [0.4, 0.5) is 0 Å². The van der Waals surface area contributed by atoms with Gasteiger partial charge in [0.25, 0.3) is 0 Å². The molecule has 0 bridgehead atoms. The first-order valence-corrected chi connectivity index (χ1v) is 7.14. The van der Waals surface area contributed by atoms with Crippen LogP contribution in [0, 0.1) is 0 Å². The Bertz CT molecular complexity index is 509. The van der Waals surface area contributed by atoms with Crippen molar-refractivity contribution in [3.8, 4) is 0 Å². The van der Waals surface area contributed by atoms with Crippen LogP contribution in [-0.4, -0.2) is 11.7 Å². The van der Waals surface area contributed by atoms with Gasteiger partial charge in [-0.15, -0.1) is 18.3 Å². The SMILES string of the molecule is C=CC[C@@](CO)(Sc1ccccc1)c1ccccc1. The predicted molar refractivity (Wildman–Crippen MR) is 82.3 cm³/mol. The van der Waals surface area contributed by atoms with Gasteiger partial charge in [-0.25, -0.2) is 0 Å². The molecule has 1 nitrogen and oxygen atoms in total. The van der Waals surface area contributed by atoms with E-state index >= 15 is 0 Å². The summed E-state index contributed by atoms with van der Waals surface area (Å²) < 4.78 is -0.357. The molecule has 0 unspecified atom stereocenters. The molecule has 0 aliphatic carbocycles. The standard InChI is InChI=1S/C17H18OS/c1-2-13-17(14-18,15-9-5-3-6-10-15)19-16-11-7-4-8-12-16/h2-12,18H,1,13-14H2/t17-/m0/s1. The molecule has 2 heteroatoms. The fourth-order valence-corrected chi connectivity index (χ4v) is 3.36. The molecule has 0 amide bonds. The van der Waals surface area contributed by atoms with E-state index in [0.717, 1.165) is 16.9 Å². The van der Waals surface area contributed by atoms with E-state index in [4.69, 9.17) is 0 Å². The molecule has 1 atom stereocenters. The first kappa shape index (κ1) is 13.9. The number of rotatable bonds is 6. The molecule has 0 spiro atoms. The predicted octanol–water partition coefficient (Wildman–Crippen LogP) is 4.24. The summed E-state index contributed by atoms with van der Waals surface area (Å²) in [7, 11) is 0. The summed E-state index contributed by atoms with van der Waals surface area (Å²) in [5.74, 6) is 0. The van der Waals surface area contributed by atoms with Gasteiger partial charge in [-0.1, -0.05) is 54.6 Å². The van der Waals surface area contributed by atoms with E-state index in [9.17, 15) is 5.11 Å². The Morgan fingerprint density at radius 3 is 2.11 bits per heavy atom. The highest BCUT2D eigenvalue weighted by Gasteiger charge is 2.31. The minimum absolute atomic E-state index is 0.0859. The van der Waals surface area contributed by atoms with E-state index in [0.29, 0.717) is 0 Å². The zero-order valence-electron chi connectivity index (χ0n) is 10.8. The Morgan fingerprint density at radius 1 is 1.00 bits per heavy atom. The number of aliphatic hydroxyl groups excluding tert-OH is 1. The molecule has 2 rings (SSSR count). The largest absolute Gasteiger partial charge is 0.395 e. The van der Waals surface area contributed by atoms with E-state index < -0.39 is 0 Å². The van der Waals surface area contributed by atoms with Crippen LogP contribution >= 0.6 is 11.8 Å². The van der Waals surface area contributed by atoms with Crippen LogP contribution in [0.1, 0.15) is 12.0 Å². The summed E-state index contributed by atoms with van der Waals surface area (Å²) in [6.07, 6.45) is 2.60. The van der Waals surface area contributed by atoms with Gasteiger partial charge in [0.2, 0.25) is 0 Å². The highest BCUT2D eigenvalue weighted by molar-refractivity contribution is 8.00. The molecule has 0 heterocycles. The van der Waals surface area contributed by atoms with Crippen molar-refractivity contribution in [3.05, 3.63) is 78.9 Å². The van der Waals surface area contributed by atoms with Gasteiger partial charge in [-0.05, 0) is 24.1 Å². The molecule has 2 aromatic rings. The van der Waals surface area contributed by atoms with Crippen molar-refractivity contribution in [2.75, 3.05) is 6.61 Å². The van der Waals surface area contributed by atoms with Crippen molar-refractivity contribution in [2.24, 2.45) is 0 Å². The second-order valence-corrected chi connectivity index (χ2v) is 5.88. The summed E-state index contributed by atoms with van der Waals surface area (Å²) in [6, 6.07) is 20.3. The molecule has 0 radical (unpaired) electrons. The quantitative estimate of drug-likeness (QED) is 0.625. The Labute approximate surface area is 119 Å². The molecule has 1 N–H and O–H groups in total. The fraction of sp³-hybridized carbons (Fsp3) is 0.176. The van der Waals surface area contributed by atoms with Crippen molar-refractivity contribution in [2.45, 2.75) is 16.1 Å². The Balaban J connectivity index is 2.37. The number of benzene rings is 2. The van der Waals surface area contributed by atoms with Gasteiger partial charge in [-0.2, -0.15) is 0 Å². The first-order chi connectivity index (χ1) is 9.30. The van der Waals surface area contributed by atoms with E-state index in [1.54, 1.807) is 11.8 Å². The molecule has 19 heavy (non-hydrogen) atoms. The first-order valence-electron chi connectivity index (χ1n) is 6.32. The highest BCUT2D eigenvalue weighted by atomic mass is 32.2. The second-order valence-electron chi connectivity index (χ2n) is 4.43. The normalized spacial score (nSPS) is 13.7. The minimum Gasteiger partial charge on any atom is -0.395 e. The van der Waals surface area contributed by atoms with Gasteiger partial charge in [-0.3, -0.25) is 0 Å². The molecular formula is C17H18OS. The van der Waals surface area contributed by atoms with Gasteiger partial charge >= 0.3 is 0 Å². The van der Waals surface area contributed by atoms with E-state index in [2.05, 4.69) is 30.8 Å². The Kier molecular flexibility index (Phi) is 4.83. The third-order valence-electron chi connectivity index (χ3n) is 3.09. The lowest BCUT2D eigenvalue weighted by atomic mass is 9.95. The fourth-order valence-electron chi connectivity index (χ4n) is 2.10. The maximum atomic E-state index is 9.95. The van der Waals surface area contributed by atoms with Gasteiger partial charge in [0.05, 0.1) is 11.4 Å². The number of hydrogen-bond acceptors (Lipinski definition) is 2. The summed E-state index contributed by atoms with van der Waals surface area (Å²) >= 11 is 1.69. The average molecular weight is 270 g/mol. The molecule has 0 saturated carbocycles. The van der Waals surface area contributed by atoms with E-state index in [1.165, 1.54) is 0 Å². The average Bonchev–Trinajstić information content (AvgIpc) is 2.49. The van der Waals surface area contributed by atoms with Gasteiger partial charge in [0, 0.05) is 4.90 Å². The number of thioether (sulfide) groups is 1. The molecule has 98 valence electrons. The third kappa shape index (κ3) is 3.28. The summed E-state index contributed by atoms with van der Waals surface area (Å²) in [4.78, 5) is 1.15. The monoisotopic (exact) mass is 270 g/mol. The second kappa shape index (κ2) is 6.60. The number of aliphatic hydroxyl groups is 1. The van der Waals surface area contributed by atoms with Crippen LogP contribution < -0.4 is 0 Å². The Hall–Kier alpha value is -1.51. The maximum Gasteiger partial charge on any atom is 0.0719 e. The highest BCUT2D eigenvalue weighted by Crippen LogP contribution is 2.44. The zero-order chi connectivity index (χ0) is 13.6. The lowest BCUT2D eigenvalue weighted by molar-refractivity contribution is 0.249. The maximum absolute atomic E-state index is 9.95. The Morgan fingerprint density at radius 2 is 1.58 bits per heavy atom. The van der Waals surface area contributed by atoms with Crippen LogP contribution in [0.2, 0.25) is 0 Å². The number of hydrogen-bond donors (Lipinski definition) is 1. The van der Waals surface area contributed by atoms with Gasteiger partial charge < -0.3 is 5.11 Å². The lowest BCUT2D eigenvalue weighted by Crippen LogP contribution is -2.26. The van der Waals surface area contributed by atoms with E-state index in [1.807, 2.05) is 42.5 Å². The zero-order valence-corrected chi connectivity index (χ0v) is 11.6. The molecule has 0 aromatic heterocycles. The van der Waals surface area contributed by atoms with Crippen LogP contribution in [-0.2, 0) is 4.75 Å². The van der Waals surface area contributed by atoms with E-state index in [-0.39, 0.29) is 11.4 Å². The summed E-state index contributed by atoms with van der Waals surface area (Å²) in [5.41, 5.74) is 1.13. The van der Waals surface area contributed by atoms with Crippen LogP contribution in [0.15, 0.2) is 78.2 Å². The van der Waals surface area contributed by atoms with Crippen LogP contribution in [0.25, 0.3) is 0 Å². The van der Waals surface area contributed by atoms with Crippen molar-refractivity contribution < 1.29 is 5.11 Å². The van der Waals surface area contributed by atoms with Crippen molar-refractivity contribution in [3.63, 3.8) is 0 Å². The molecule has 0 fully saturated rings. The smallest absolute Gasteiger partial charge is 0.0719 e. The summed E-state index contributed by atoms with van der Waals surface area (Å²) in [5, 5.41) is 9.95. The summed E-state index contributed by atoms with van der Waals surface area (Å²) in [6.45, 7) is 3.92. The molecule has 2 aromatic carbocycles. The topological polar surface area (TPSA) is 20.2 Å². The molecule has 0 aliphatic rings. The van der Waals surface area contributed by atoms with Gasteiger partial charge in [0.1, 0.15) is 0 Å². The van der Waals surface area contributed by atoms with Crippen molar-refractivity contribution in [1.82, 2.24) is 0 Å². The number of allylic oxidation sites excluding steroid dienone is 1. The third-order valence-corrected chi connectivity index (χ3v) is 4.52. The van der Waals surface area contributed by atoms with Crippen LogP contribution in [0.5, 0.6) is 0 Å². The van der Waals surface area contributed by atoms with Crippen molar-refractivity contribution in [1.29, 1.82) is 0 Å². The van der Waals surface area contributed by atoms with Gasteiger partial charge in [0.15, 0.2) is 0 Å².